The number of halogens is 1. The number of hydrogen-bond donors (Lipinski definition) is 0. The van der Waals surface area contributed by atoms with Gasteiger partial charge in [0, 0.05) is 11.8 Å². The molecule has 1 aromatic carbocycles. The van der Waals surface area contributed by atoms with Crippen LogP contribution in [0.25, 0.3) is 11.1 Å². The largest absolute Gasteiger partial charge is 0.490 e. The lowest BCUT2D eigenvalue weighted by atomic mass is 10.1. The van der Waals surface area contributed by atoms with Gasteiger partial charge in [0.25, 0.3) is 0 Å². The van der Waals surface area contributed by atoms with E-state index in [1.165, 1.54) is 19.2 Å². The summed E-state index contributed by atoms with van der Waals surface area (Å²) in [6, 6.07) is 8.04. The molecule has 17 heavy (non-hydrogen) atoms. The van der Waals surface area contributed by atoms with Crippen LogP contribution in [0.15, 0.2) is 41.4 Å². The van der Waals surface area contributed by atoms with Crippen LogP contribution in [0.4, 0.5) is 0 Å². The maximum Gasteiger partial charge on any atom is 0.119 e. The quantitative estimate of drug-likeness (QED) is 0.812. The number of ether oxygens (including phenoxy) is 1. The van der Waals surface area contributed by atoms with Crippen molar-refractivity contribution in [3.05, 3.63) is 41.4 Å². The van der Waals surface area contributed by atoms with Gasteiger partial charge >= 0.3 is 0 Å². The van der Waals surface area contributed by atoms with Crippen molar-refractivity contribution in [2.24, 2.45) is 0 Å². The van der Waals surface area contributed by atoms with Crippen molar-refractivity contribution in [2.75, 3.05) is 0 Å². The Morgan fingerprint density at radius 3 is 2.59 bits per heavy atom. The zero-order chi connectivity index (χ0) is 11.7. The van der Waals surface area contributed by atoms with Crippen LogP contribution in [0.2, 0.25) is 0 Å². The maximum absolute atomic E-state index is 5.70. The molecule has 0 radical (unpaired) electrons. The van der Waals surface area contributed by atoms with E-state index in [0.29, 0.717) is 6.10 Å². The fraction of sp³-hybridized carbons (Fsp3) is 0.231. The Morgan fingerprint density at radius 1 is 1.18 bits per heavy atom. The highest BCUT2D eigenvalue weighted by Gasteiger charge is 2.23. The highest BCUT2D eigenvalue weighted by molar-refractivity contribution is 9.10. The molecule has 4 heteroatoms. The topological polar surface area (TPSA) is 35.0 Å². The Balaban J connectivity index is 1.86. The molecule has 1 fully saturated rings. The number of hydrogen-bond acceptors (Lipinski definition) is 3. The third kappa shape index (κ3) is 2.47. The average molecular weight is 291 g/mol. The summed E-state index contributed by atoms with van der Waals surface area (Å²) < 4.78 is 6.51. The van der Waals surface area contributed by atoms with Crippen molar-refractivity contribution in [3.63, 3.8) is 0 Å². The first-order valence-electron chi connectivity index (χ1n) is 5.55. The fourth-order valence-corrected chi connectivity index (χ4v) is 2.02. The Hall–Kier alpha value is -1.42. The van der Waals surface area contributed by atoms with Gasteiger partial charge in [0.05, 0.1) is 6.10 Å². The Bertz CT molecular complexity index is 523. The second-order valence-corrected chi connectivity index (χ2v) is 4.82. The molecular formula is C13H11BrN2O. The highest BCUT2D eigenvalue weighted by Crippen LogP contribution is 2.30. The third-order valence-corrected chi connectivity index (χ3v) is 3.29. The van der Waals surface area contributed by atoms with Crippen molar-refractivity contribution in [1.29, 1.82) is 0 Å². The number of nitrogens with zero attached hydrogens (tertiary/aromatic N) is 2. The molecule has 1 saturated carbocycles. The van der Waals surface area contributed by atoms with E-state index in [0.717, 1.165) is 21.5 Å². The standard InChI is InChI=1S/C13H11BrN2O/c14-13-12(7-15-8-16-13)9-1-3-10(4-2-9)17-11-5-6-11/h1-4,7-8,11H,5-6H2. The molecule has 1 aromatic heterocycles. The molecule has 0 N–H and O–H groups in total. The Labute approximate surface area is 108 Å². The Kier molecular flexibility index (Phi) is 2.81. The van der Waals surface area contributed by atoms with Gasteiger partial charge in [-0.2, -0.15) is 0 Å². The molecule has 0 amide bonds. The number of benzene rings is 1. The van der Waals surface area contributed by atoms with Crippen LogP contribution in [0.5, 0.6) is 5.75 Å². The Morgan fingerprint density at radius 2 is 1.94 bits per heavy atom. The van der Waals surface area contributed by atoms with E-state index in [2.05, 4.69) is 25.9 Å². The van der Waals surface area contributed by atoms with E-state index in [9.17, 15) is 0 Å². The van der Waals surface area contributed by atoms with Gasteiger partial charge in [-0.15, -0.1) is 0 Å². The van der Waals surface area contributed by atoms with E-state index >= 15 is 0 Å². The summed E-state index contributed by atoms with van der Waals surface area (Å²) in [4.78, 5) is 8.14. The van der Waals surface area contributed by atoms with Gasteiger partial charge in [0.2, 0.25) is 0 Å². The lowest BCUT2D eigenvalue weighted by Gasteiger charge is -2.06. The minimum Gasteiger partial charge on any atom is -0.490 e. The predicted molar refractivity (Wildman–Crippen MR) is 68.8 cm³/mol. The molecular weight excluding hydrogens is 280 g/mol. The molecule has 0 bridgehead atoms. The van der Waals surface area contributed by atoms with Crippen molar-refractivity contribution >= 4 is 15.9 Å². The second-order valence-electron chi connectivity index (χ2n) is 4.07. The summed E-state index contributed by atoms with van der Waals surface area (Å²) in [6.07, 6.45) is 6.12. The number of rotatable bonds is 3. The zero-order valence-corrected chi connectivity index (χ0v) is 10.7. The first-order chi connectivity index (χ1) is 8.33. The van der Waals surface area contributed by atoms with E-state index in [-0.39, 0.29) is 0 Å². The summed E-state index contributed by atoms with van der Waals surface area (Å²) in [7, 11) is 0. The average Bonchev–Trinajstić information content (AvgIpc) is 3.15. The van der Waals surface area contributed by atoms with E-state index in [1.54, 1.807) is 6.20 Å². The molecule has 0 aliphatic heterocycles. The maximum atomic E-state index is 5.70. The van der Waals surface area contributed by atoms with Crippen LogP contribution in [0, 0.1) is 0 Å². The molecule has 3 rings (SSSR count). The molecule has 0 unspecified atom stereocenters. The van der Waals surface area contributed by atoms with Gasteiger partial charge in [-0.05, 0) is 46.5 Å². The summed E-state index contributed by atoms with van der Waals surface area (Å²) in [5.41, 5.74) is 2.08. The number of aromatic nitrogens is 2. The zero-order valence-electron chi connectivity index (χ0n) is 9.14. The van der Waals surface area contributed by atoms with Gasteiger partial charge in [0.1, 0.15) is 16.7 Å². The SMILES string of the molecule is Brc1ncncc1-c1ccc(OC2CC2)cc1. The molecule has 0 atom stereocenters. The smallest absolute Gasteiger partial charge is 0.119 e. The molecule has 2 aromatic rings. The molecule has 86 valence electrons. The van der Waals surface area contributed by atoms with Gasteiger partial charge in [-0.1, -0.05) is 12.1 Å². The third-order valence-electron chi connectivity index (χ3n) is 2.66. The van der Waals surface area contributed by atoms with Crippen LogP contribution >= 0.6 is 15.9 Å². The normalized spacial score (nSPS) is 14.6. The van der Waals surface area contributed by atoms with Gasteiger partial charge < -0.3 is 4.74 Å². The van der Waals surface area contributed by atoms with E-state index in [1.807, 2.05) is 24.3 Å². The van der Waals surface area contributed by atoms with Crippen molar-refractivity contribution in [1.82, 2.24) is 9.97 Å². The first kappa shape index (κ1) is 10.7. The fourth-order valence-electron chi connectivity index (χ4n) is 1.60. The minimum atomic E-state index is 0.438. The highest BCUT2D eigenvalue weighted by atomic mass is 79.9. The van der Waals surface area contributed by atoms with Crippen LogP contribution in [-0.4, -0.2) is 16.1 Å². The monoisotopic (exact) mass is 290 g/mol. The minimum absolute atomic E-state index is 0.438. The first-order valence-corrected chi connectivity index (χ1v) is 6.35. The lowest BCUT2D eigenvalue weighted by molar-refractivity contribution is 0.303. The second kappa shape index (κ2) is 4.45. The summed E-state index contributed by atoms with van der Waals surface area (Å²) in [6.45, 7) is 0. The lowest BCUT2D eigenvalue weighted by Crippen LogP contribution is -1.95. The molecule has 1 aliphatic rings. The summed E-state index contributed by atoms with van der Waals surface area (Å²) in [5, 5.41) is 0. The van der Waals surface area contributed by atoms with Crippen molar-refractivity contribution in [3.8, 4) is 16.9 Å². The molecule has 0 spiro atoms. The van der Waals surface area contributed by atoms with Crippen LogP contribution in [-0.2, 0) is 0 Å². The van der Waals surface area contributed by atoms with Gasteiger partial charge in [-0.3, -0.25) is 0 Å². The van der Waals surface area contributed by atoms with Crippen LogP contribution < -0.4 is 4.74 Å². The van der Waals surface area contributed by atoms with Gasteiger partial charge in [-0.25, -0.2) is 9.97 Å². The summed E-state index contributed by atoms with van der Waals surface area (Å²) >= 11 is 3.42. The van der Waals surface area contributed by atoms with Crippen molar-refractivity contribution in [2.45, 2.75) is 18.9 Å². The van der Waals surface area contributed by atoms with Gasteiger partial charge in [0.15, 0.2) is 0 Å². The molecule has 0 saturated heterocycles. The predicted octanol–water partition coefficient (Wildman–Crippen LogP) is 3.45. The van der Waals surface area contributed by atoms with E-state index in [4.69, 9.17) is 4.74 Å². The molecule has 1 heterocycles. The van der Waals surface area contributed by atoms with Crippen LogP contribution in [0.1, 0.15) is 12.8 Å². The molecule has 3 nitrogen and oxygen atoms in total. The van der Waals surface area contributed by atoms with E-state index < -0.39 is 0 Å². The molecule has 1 aliphatic carbocycles. The summed E-state index contributed by atoms with van der Waals surface area (Å²) in [5.74, 6) is 0.934. The van der Waals surface area contributed by atoms with Crippen molar-refractivity contribution < 1.29 is 4.74 Å². The van der Waals surface area contributed by atoms with Crippen LogP contribution in [0.3, 0.4) is 0 Å².